The number of rotatable bonds is 4. The molecule has 0 saturated carbocycles. The highest BCUT2D eigenvalue weighted by Gasteiger charge is 2.24. The standard InChI is InChI=1S/C17H14BrNO2/c1-11-7-8-12(9-15(11)18)17(20)14(10-19)13-5-3-4-6-16(13)21-2/h3-9,14H,1-2H3. The second-order valence-corrected chi connectivity index (χ2v) is 5.49. The number of hydrogen-bond donors (Lipinski definition) is 0. The molecule has 0 N–H and O–H groups in total. The summed E-state index contributed by atoms with van der Waals surface area (Å²) in [6.07, 6.45) is 0. The molecule has 3 nitrogen and oxygen atoms in total. The fourth-order valence-corrected chi connectivity index (χ4v) is 2.47. The van der Waals surface area contributed by atoms with Gasteiger partial charge in [-0.2, -0.15) is 5.26 Å². The van der Waals surface area contributed by atoms with E-state index in [1.165, 1.54) is 7.11 Å². The van der Waals surface area contributed by atoms with Crippen LogP contribution in [0.25, 0.3) is 0 Å². The minimum Gasteiger partial charge on any atom is -0.496 e. The third-order valence-electron chi connectivity index (χ3n) is 3.30. The lowest BCUT2D eigenvalue weighted by Gasteiger charge is -2.13. The lowest BCUT2D eigenvalue weighted by Crippen LogP contribution is -2.12. The van der Waals surface area contributed by atoms with E-state index < -0.39 is 5.92 Å². The second-order valence-electron chi connectivity index (χ2n) is 4.63. The Balaban J connectivity index is 2.44. The van der Waals surface area contributed by atoms with Crippen molar-refractivity contribution in [3.8, 4) is 11.8 Å². The zero-order valence-electron chi connectivity index (χ0n) is 11.8. The fourth-order valence-electron chi connectivity index (χ4n) is 2.09. The number of ketones is 1. The maximum Gasteiger partial charge on any atom is 0.184 e. The third kappa shape index (κ3) is 3.14. The van der Waals surface area contributed by atoms with E-state index in [0.717, 1.165) is 10.0 Å². The molecule has 0 fully saturated rings. The first-order valence-corrected chi connectivity index (χ1v) is 7.20. The van der Waals surface area contributed by atoms with Crippen molar-refractivity contribution >= 4 is 21.7 Å². The van der Waals surface area contributed by atoms with Crippen molar-refractivity contribution in [3.05, 3.63) is 63.6 Å². The number of halogens is 1. The van der Waals surface area contributed by atoms with Crippen LogP contribution < -0.4 is 4.74 Å². The molecule has 0 amide bonds. The molecule has 21 heavy (non-hydrogen) atoms. The van der Waals surface area contributed by atoms with E-state index in [2.05, 4.69) is 22.0 Å². The van der Waals surface area contributed by atoms with Gasteiger partial charge in [0.05, 0.1) is 13.2 Å². The number of nitriles is 1. The first-order valence-electron chi connectivity index (χ1n) is 6.41. The quantitative estimate of drug-likeness (QED) is 0.779. The molecule has 0 aromatic heterocycles. The Labute approximate surface area is 132 Å². The topological polar surface area (TPSA) is 50.1 Å². The Morgan fingerprint density at radius 3 is 2.62 bits per heavy atom. The van der Waals surface area contributed by atoms with Crippen molar-refractivity contribution in [2.24, 2.45) is 0 Å². The molecule has 0 aliphatic rings. The summed E-state index contributed by atoms with van der Waals surface area (Å²) in [5, 5.41) is 9.42. The lowest BCUT2D eigenvalue weighted by molar-refractivity contribution is 0.0977. The van der Waals surface area contributed by atoms with E-state index in [1.807, 2.05) is 19.1 Å². The summed E-state index contributed by atoms with van der Waals surface area (Å²) in [4.78, 5) is 12.6. The molecule has 0 aliphatic heterocycles. The largest absolute Gasteiger partial charge is 0.496 e. The van der Waals surface area contributed by atoms with Crippen LogP contribution in [0.1, 0.15) is 27.4 Å². The summed E-state index contributed by atoms with van der Waals surface area (Å²) in [6.45, 7) is 1.94. The van der Waals surface area contributed by atoms with Crippen LogP contribution in [-0.4, -0.2) is 12.9 Å². The Morgan fingerprint density at radius 2 is 2.00 bits per heavy atom. The van der Waals surface area contributed by atoms with Crippen molar-refractivity contribution in [1.29, 1.82) is 5.26 Å². The summed E-state index contributed by atoms with van der Waals surface area (Å²) >= 11 is 3.41. The average Bonchev–Trinajstić information content (AvgIpc) is 2.51. The van der Waals surface area contributed by atoms with Gasteiger partial charge in [-0.15, -0.1) is 0 Å². The van der Waals surface area contributed by atoms with Crippen LogP contribution in [-0.2, 0) is 0 Å². The van der Waals surface area contributed by atoms with Gasteiger partial charge in [-0.3, -0.25) is 4.79 Å². The van der Waals surface area contributed by atoms with Crippen LogP contribution in [0.4, 0.5) is 0 Å². The van der Waals surface area contributed by atoms with Crippen LogP contribution in [0.15, 0.2) is 46.9 Å². The molecule has 0 spiro atoms. The first kappa shape index (κ1) is 15.3. The number of aryl methyl sites for hydroxylation is 1. The Morgan fingerprint density at radius 1 is 1.29 bits per heavy atom. The van der Waals surface area contributed by atoms with E-state index >= 15 is 0 Å². The minimum atomic E-state index is -0.879. The van der Waals surface area contributed by atoms with Gasteiger partial charge in [-0.25, -0.2) is 0 Å². The van der Waals surface area contributed by atoms with Gasteiger partial charge in [0, 0.05) is 15.6 Å². The van der Waals surface area contributed by atoms with Gasteiger partial charge in [0.25, 0.3) is 0 Å². The van der Waals surface area contributed by atoms with Crippen molar-refractivity contribution in [3.63, 3.8) is 0 Å². The second kappa shape index (κ2) is 6.55. The molecule has 1 unspecified atom stereocenters. The van der Waals surface area contributed by atoms with Gasteiger partial charge in [-0.05, 0) is 24.6 Å². The summed E-state index contributed by atoms with van der Waals surface area (Å²) in [5.41, 5.74) is 2.13. The van der Waals surface area contributed by atoms with Crippen molar-refractivity contribution in [1.82, 2.24) is 0 Å². The van der Waals surface area contributed by atoms with Crippen LogP contribution in [0, 0.1) is 18.3 Å². The average molecular weight is 344 g/mol. The summed E-state index contributed by atoms with van der Waals surface area (Å²) in [6, 6.07) is 14.5. The molecule has 0 bridgehead atoms. The zero-order valence-corrected chi connectivity index (χ0v) is 13.3. The number of hydrogen-bond acceptors (Lipinski definition) is 3. The predicted molar refractivity (Wildman–Crippen MR) is 84.6 cm³/mol. The molecule has 106 valence electrons. The van der Waals surface area contributed by atoms with Gasteiger partial charge >= 0.3 is 0 Å². The summed E-state index contributed by atoms with van der Waals surface area (Å²) in [5.74, 6) is -0.568. The van der Waals surface area contributed by atoms with Gasteiger partial charge < -0.3 is 4.74 Å². The van der Waals surface area contributed by atoms with Gasteiger partial charge in [0.2, 0.25) is 0 Å². The van der Waals surface area contributed by atoms with Crippen LogP contribution >= 0.6 is 15.9 Å². The molecule has 0 aliphatic carbocycles. The first-order chi connectivity index (χ1) is 10.1. The molecular weight excluding hydrogens is 330 g/mol. The Bertz CT molecular complexity index is 719. The summed E-state index contributed by atoms with van der Waals surface area (Å²) < 4.78 is 6.10. The van der Waals surface area contributed by atoms with Gasteiger partial charge in [0.15, 0.2) is 5.78 Å². The molecule has 2 rings (SSSR count). The van der Waals surface area contributed by atoms with E-state index in [0.29, 0.717) is 16.9 Å². The number of methoxy groups -OCH3 is 1. The normalized spacial score (nSPS) is 11.5. The number of carbonyl (C=O) groups is 1. The highest BCUT2D eigenvalue weighted by Crippen LogP contribution is 2.29. The third-order valence-corrected chi connectivity index (χ3v) is 4.15. The van der Waals surface area contributed by atoms with E-state index in [1.54, 1.807) is 30.3 Å². The van der Waals surface area contributed by atoms with E-state index in [4.69, 9.17) is 4.74 Å². The van der Waals surface area contributed by atoms with Gasteiger partial charge in [-0.1, -0.05) is 46.3 Å². The number of ether oxygens (including phenoxy) is 1. The number of nitrogens with zero attached hydrogens (tertiary/aromatic N) is 1. The zero-order chi connectivity index (χ0) is 15.4. The van der Waals surface area contributed by atoms with Crippen molar-refractivity contribution in [2.75, 3.05) is 7.11 Å². The molecule has 0 radical (unpaired) electrons. The maximum atomic E-state index is 12.6. The molecule has 2 aromatic carbocycles. The number of para-hydroxylation sites is 1. The molecule has 2 aromatic rings. The van der Waals surface area contributed by atoms with E-state index in [-0.39, 0.29) is 5.78 Å². The number of benzene rings is 2. The monoisotopic (exact) mass is 343 g/mol. The number of Topliss-reactive ketones (excluding diaryl/α,β-unsaturated/α-hetero) is 1. The molecule has 1 atom stereocenters. The molecule has 4 heteroatoms. The Kier molecular flexibility index (Phi) is 4.77. The van der Waals surface area contributed by atoms with Crippen LogP contribution in [0.5, 0.6) is 5.75 Å². The van der Waals surface area contributed by atoms with Crippen molar-refractivity contribution < 1.29 is 9.53 Å². The van der Waals surface area contributed by atoms with Crippen LogP contribution in [0.2, 0.25) is 0 Å². The highest BCUT2D eigenvalue weighted by molar-refractivity contribution is 9.10. The molecule has 0 saturated heterocycles. The van der Waals surface area contributed by atoms with E-state index in [9.17, 15) is 10.1 Å². The van der Waals surface area contributed by atoms with Crippen LogP contribution in [0.3, 0.4) is 0 Å². The SMILES string of the molecule is COc1ccccc1C(C#N)C(=O)c1ccc(C)c(Br)c1. The highest BCUT2D eigenvalue weighted by atomic mass is 79.9. The van der Waals surface area contributed by atoms with Crippen molar-refractivity contribution in [2.45, 2.75) is 12.8 Å². The Hall–Kier alpha value is -2.12. The summed E-state index contributed by atoms with van der Waals surface area (Å²) in [7, 11) is 1.53. The van der Waals surface area contributed by atoms with Gasteiger partial charge in [0.1, 0.15) is 11.7 Å². The fraction of sp³-hybridized carbons (Fsp3) is 0.176. The smallest absolute Gasteiger partial charge is 0.184 e. The molecular formula is C17H14BrNO2. The lowest BCUT2D eigenvalue weighted by atomic mass is 9.91. The predicted octanol–water partition coefficient (Wildman–Crippen LogP) is 4.26. The number of carbonyl (C=O) groups excluding carboxylic acids is 1. The maximum absolute atomic E-state index is 12.6. The minimum absolute atomic E-state index is 0.234. The molecule has 0 heterocycles.